The minimum absolute atomic E-state index is 0. The predicted octanol–water partition coefficient (Wildman–Crippen LogP) is 2.59. The van der Waals surface area contributed by atoms with Gasteiger partial charge in [0.15, 0.2) is 5.96 Å². The van der Waals surface area contributed by atoms with E-state index < -0.39 is 0 Å². The molecular formula is C19H28IN5O2. The standard InChI is InChI=1S/C19H27N5O2.HI/c1-4-20-19(21-11-15-6-5-7-17(10-15)25-3)24-8-9-26-18(14-24)16-12-22-23(2)13-16;/h5-7,10,12-13,18H,4,8-9,11,14H2,1-3H3,(H,20,21);1H. The van der Waals surface area contributed by atoms with E-state index in [0.29, 0.717) is 13.2 Å². The highest BCUT2D eigenvalue weighted by Crippen LogP contribution is 2.22. The summed E-state index contributed by atoms with van der Waals surface area (Å²) < 4.78 is 13.0. The fourth-order valence-electron chi connectivity index (χ4n) is 3.01. The third-order valence-electron chi connectivity index (χ3n) is 4.34. The molecule has 2 heterocycles. The van der Waals surface area contributed by atoms with Gasteiger partial charge < -0.3 is 19.7 Å². The molecule has 1 aromatic carbocycles. The van der Waals surface area contributed by atoms with E-state index in [-0.39, 0.29) is 30.1 Å². The molecule has 148 valence electrons. The Balaban J connectivity index is 0.00000261. The van der Waals surface area contributed by atoms with E-state index in [4.69, 9.17) is 14.5 Å². The third-order valence-corrected chi connectivity index (χ3v) is 4.34. The minimum Gasteiger partial charge on any atom is -0.497 e. The Labute approximate surface area is 177 Å². The molecule has 1 N–H and O–H groups in total. The number of hydrogen-bond donors (Lipinski definition) is 1. The van der Waals surface area contributed by atoms with Crippen molar-refractivity contribution in [1.82, 2.24) is 20.0 Å². The zero-order valence-corrected chi connectivity index (χ0v) is 18.4. The monoisotopic (exact) mass is 485 g/mol. The number of aliphatic imine (C=N–C) groups is 1. The number of methoxy groups -OCH3 is 1. The largest absolute Gasteiger partial charge is 0.497 e. The summed E-state index contributed by atoms with van der Waals surface area (Å²) in [7, 11) is 3.60. The van der Waals surface area contributed by atoms with Gasteiger partial charge in [0.2, 0.25) is 0 Å². The van der Waals surface area contributed by atoms with E-state index in [1.165, 1.54) is 0 Å². The first-order chi connectivity index (χ1) is 12.7. The van der Waals surface area contributed by atoms with Crippen LogP contribution in [0.1, 0.15) is 24.2 Å². The molecule has 0 aliphatic carbocycles. The van der Waals surface area contributed by atoms with Crippen LogP contribution in [0, 0.1) is 0 Å². The summed E-state index contributed by atoms with van der Waals surface area (Å²) >= 11 is 0. The minimum atomic E-state index is 0. The highest BCUT2D eigenvalue weighted by atomic mass is 127. The Hall–Kier alpha value is -1.81. The van der Waals surface area contributed by atoms with E-state index >= 15 is 0 Å². The quantitative estimate of drug-likeness (QED) is 0.401. The molecule has 1 fully saturated rings. The Morgan fingerprint density at radius 3 is 3.00 bits per heavy atom. The molecule has 1 aromatic heterocycles. The highest BCUT2D eigenvalue weighted by molar-refractivity contribution is 14.0. The molecule has 0 amide bonds. The second kappa shape index (κ2) is 10.5. The third kappa shape index (κ3) is 5.83. The summed E-state index contributed by atoms with van der Waals surface area (Å²) in [5, 5.41) is 7.65. The van der Waals surface area contributed by atoms with Crippen LogP contribution < -0.4 is 10.1 Å². The number of nitrogens with zero attached hydrogens (tertiary/aromatic N) is 4. The number of morpholine rings is 1. The molecule has 1 aliphatic heterocycles. The molecule has 1 atom stereocenters. The Kier molecular flexibility index (Phi) is 8.36. The molecule has 0 saturated carbocycles. The lowest BCUT2D eigenvalue weighted by Crippen LogP contribution is -2.48. The van der Waals surface area contributed by atoms with Crippen molar-refractivity contribution in [2.75, 3.05) is 33.4 Å². The maximum Gasteiger partial charge on any atom is 0.194 e. The summed E-state index contributed by atoms with van der Waals surface area (Å²) in [5.41, 5.74) is 2.22. The van der Waals surface area contributed by atoms with E-state index in [2.05, 4.69) is 28.3 Å². The summed E-state index contributed by atoms with van der Waals surface area (Å²) in [6, 6.07) is 8.01. The smallest absolute Gasteiger partial charge is 0.194 e. The average molecular weight is 485 g/mol. The van der Waals surface area contributed by atoms with Gasteiger partial charge in [-0.3, -0.25) is 4.68 Å². The molecule has 3 rings (SSSR count). The number of ether oxygens (including phenoxy) is 2. The molecule has 1 unspecified atom stereocenters. The van der Waals surface area contributed by atoms with E-state index in [0.717, 1.165) is 42.5 Å². The topological polar surface area (TPSA) is 63.9 Å². The molecule has 0 bridgehead atoms. The number of hydrogen-bond acceptors (Lipinski definition) is 4. The van der Waals surface area contributed by atoms with Gasteiger partial charge in [0.1, 0.15) is 11.9 Å². The van der Waals surface area contributed by atoms with Crippen LogP contribution in [0.25, 0.3) is 0 Å². The fourth-order valence-corrected chi connectivity index (χ4v) is 3.01. The van der Waals surface area contributed by atoms with Crippen LogP contribution >= 0.6 is 24.0 Å². The first kappa shape index (κ1) is 21.5. The zero-order chi connectivity index (χ0) is 18.4. The highest BCUT2D eigenvalue weighted by Gasteiger charge is 2.25. The van der Waals surface area contributed by atoms with Gasteiger partial charge in [0.25, 0.3) is 0 Å². The van der Waals surface area contributed by atoms with Crippen molar-refractivity contribution in [3.05, 3.63) is 47.8 Å². The van der Waals surface area contributed by atoms with Crippen LogP contribution in [0.5, 0.6) is 5.75 Å². The van der Waals surface area contributed by atoms with Crippen LogP contribution in [-0.2, 0) is 18.3 Å². The Morgan fingerprint density at radius 1 is 1.44 bits per heavy atom. The van der Waals surface area contributed by atoms with Gasteiger partial charge in [-0.15, -0.1) is 24.0 Å². The molecule has 8 heteroatoms. The van der Waals surface area contributed by atoms with Crippen molar-refractivity contribution >= 4 is 29.9 Å². The molecule has 27 heavy (non-hydrogen) atoms. The van der Waals surface area contributed by atoms with Gasteiger partial charge >= 0.3 is 0 Å². The zero-order valence-electron chi connectivity index (χ0n) is 16.1. The van der Waals surface area contributed by atoms with Gasteiger partial charge in [-0.2, -0.15) is 5.10 Å². The molecule has 1 saturated heterocycles. The van der Waals surface area contributed by atoms with Gasteiger partial charge in [0, 0.05) is 31.9 Å². The number of nitrogens with one attached hydrogen (secondary N) is 1. The maximum atomic E-state index is 5.93. The van der Waals surface area contributed by atoms with Crippen molar-refractivity contribution in [3.8, 4) is 5.75 Å². The number of aryl methyl sites for hydroxylation is 1. The van der Waals surface area contributed by atoms with Crippen LogP contribution in [0.15, 0.2) is 41.7 Å². The van der Waals surface area contributed by atoms with E-state index in [1.54, 1.807) is 11.8 Å². The Bertz CT molecular complexity index is 749. The second-order valence-electron chi connectivity index (χ2n) is 6.27. The van der Waals surface area contributed by atoms with Crippen molar-refractivity contribution in [3.63, 3.8) is 0 Å². The fraction of sp³-hybridized carbons (Fsp3) is 0.474. The second-order valence-corrected chi connectivity index (χ2v) is 6.27. The molecule has 2 aromatic rings. The molecular weight excluding hydrogens is 457 g/mol. The summed E-state index contributed by atoms with van der Waals surface area (Å²) in [6.07, 6.45) is 3.89. The molecule has 0 radical (unpaired) electrons. The molecule has 0 spiro atoms. The first-order valence-electron chi connectivity index (χ1n) is 8.96. The van der Waals surface area contributed by atoms with Gasteiger partial charge in [0.05, 0.1) is 33.0 Å². The normalized spacial score (nSPS) is 17.4. The maximum absolute atomic E-state index is 5.93. The van der Waals surface area contributed by atoms with Crippen molar-refractivity contribution in [1.29, 1.82) is 0 Å². The van der Waals surface area contributed by atoms with Crippen LogP contribution in [-0.4, -0.2) is 54.0 Å². The van der Waals surface area contributed by atoms with Gasteiger partial charge in [-0.25, -0.2) is 4.99 Å². The van der Waals surface area contributed by atoms with Crippen LogP contribution in [0.4, 0.5) is 0 Å². The number of halogens is 1. The number of aromatic nitrogens is 2. The van der Waals surface area contributed by atoms with E-state index in [1.807, 2.05) is 37.6 Å². The molecule has 1 aliphatic rings. The lowest BCUT2D eigenvalue weighted by atomic mass is 10.1. The molecule has 7 nitrogen and oxygen atoms in total. The summed E-state index contributed by atoms with van der Waals surface area (Å²) in [5.74, 6) is 1.76. The summed E-state index contributed by atoms with van der Waals surface area (Å²) in [6.45, 7) is 5.76. The predicted molar refractivity (Wildman–Crippen MR) is 117 cm³/mol. The van der Waals surface area contributed by atoms with E-state index in [9.17, 15) is 0 Å². The first-order valence-corrected chi connectivity index (χ1v) is 8.96. The van der Waals surface area contributed by atoms with Crippen molar-refractivity contribution in [2.24, 2.45) is 12.0 Å². The van der Waals surface area contributed by atoms with Crippen LogP contribution in [0.2, 0.25) is 0 Å². The lowest BCUT2D eigenvalue weighted by Gasteiger charge is -2.34. The average Bonchev–Trinajstić information content (AvgIpc) is 3.12. The lowest BCUT2D eigenvalue weighted by molar-refractivity contribution is -0.00805. The van der Waals surface area contributed by atoms with Crippen molar-refractivity contribution < 1.29 is 9.47 Å². The number of benzene rings is 1. The van der Waals surface area contributed by atoms with Crippen LogP contribution in [0.3, 0.4) is 0 Å². The Morgan fingerprint density at radius 2 is 2.30 bits per heavy atom. The van der Waals surface area contributed by atoms with Gasteiger partial charge in [-0.05, 0) is 24.6 Å². The number of rotatable bonds is 5. The van der Waals surface area contributed by atoms with Gasteiger partial charge in [-0.1, -0.05) is 12.1 Å². The van der Waals surface area contributed by atoms with Crippen molar-refractivity contribution in [2.45, 2.75) is 19.6 Å². The number of guanidine groups is 1. The SMILES string of the molecule is CCNC(=NCc1cccc(OC)c1)N1CCOC(c2cnn(C)c2)C1.I. The summed E-state index contributed by atoms with van der Waals surface area (Å²) in [4.78, 5) is 7.07.